The van der Waals surface area contributed by atoms with Gasteiger partial charge in [-0.15, -0.1) is 16.7 Å². The van der Waals surface area contributed by atoms with E-state index in [0.717, 1.165) is 29.7 Å². The normalized spacial score (nSPS) is 30.5. The van der Waals surface area contributed by atoms with Crippen LogP contribution in [-0.4, -0.2) is 108 Å². The molecule has 1 aliphatic heterocycles. The predicted molar refractivity (Wildman–Crippen MR) is 154 cm³/mol. The minimum atomic E-state index is -1.66. The Kier molecular flexibility index (Phi) is 10.9. The van der Waals surface area contributed by atoms with Crippen molar-refractivity contribution in [2.75, 3.05) is 19.8 Å². The predicted octanol–water partition coefficient (Wildman–Crippen LogP) is 2.55. The molecule has 45 heavy (non-hydrogen) atoms. The van der Waals surface area contributed by atoms with Gasteiger partial charge >= 0.3 is 0 Å². The van der Waals surface area contributed by atoms with Crippen LogP contribution in [0.1, 0.15) is 38.1 Å². The molecule has 11 nitrogen and oxygen atoms in total. The van der Waals surface area contributed by atoms with Gasteiger partial charge in [0.2, 0.25) is 0 Å². The van der Waals surface area contributed by atoms with E-state index in [1.54, 1.807) is 12.2 Å². The highest BCUT2D eigenvalue weighted by Crippen LogP contribution is 2.38. The van der Waals surface area contributed by atoms with Crippen LogP contribution in [0.2, 0.25) is 0 Å². The fourth-order valence-electron chi connectivity index (χ4n) is 6.09. The summed E-state index contributed by atoms with van der Waals surface area (Å²) >= 11 is 12.8. The summed E-state index contributed by atoms with van der Waals surface area (Å²) in [6.07, 6.45) is 0.444. The molecule has 1 amide bonds. The van der Waals surface area contributed by atoms with Crippen molar-refractivity contribution >= 4 is 29.1 Å². The summed E-state index contributed by atoms with van der Waals surface area (Å²) in [6, 6.07) is -0.527. The van der Waals surface area contributed by atoms with Crippen molar-refractivity contribution in [2.45, 2.75) is 80.1 Å². The van der Waals surface area contributed by atoms with E-state index >= 15 is 0 Å². The van der Waals surface area contributed by atoms with Gasteiger partial charge < -0.3 is 34.8 Å². The first kappa shape index (κ1) is 33.8. The highest BCUT2D eigenvalue weighted by molar-refractivity contribution is 6.31. The van der Waals surface area contributed by atoms with Gasteiger partial charge in [-0.25, -0.2) is 17.9 Å². The van der Waals surface area contributed by atoms with Gasteiger partial charge in [-0.05, 0) is 37.1 Å². The van der Waals surface area contributed by atoms with Crippen molar-refractivity contribution in [3.63, 3.8) is 0 Å². The minimum Gasteiger partial charge on any atom is -0.394 e. The standard InChI is InChI=1S/C29H33Cl2F3N4O7/c30-15-9-16(31)11-17(10-15)38(21-3-1-2-4-22(21)41)29(43)28-27(44-6-5-39)25(26(42)23(13-40)45-28)37-12-20(35-36-37)14-7-18(32)24(34)19(33)8-14/h7-8,10-12,15,21-23,25-28,39-42H,1-6,9,13H2/t15?,21-,22-,23+,25?,26-,27+,28+/m0/s1. The van der Waals surface area contributed by atoms with E-state index in [4.69, 9.17) is 32.7 Å². The van der Waals surface area contributed by atoms with Gasteiger partial charge in [0, 0.05) is 22.7 Å². The van der Waals surface area contributed by atoms with Crippen molar-refractivity contribution in [1.29, 1.82) is 0 Å². The summed E-state index contributed by atoms with van der Waals surface area (Å²) in [7, 11) is 0. The Morgan fingerprint density at radius 2 is 1.87 bits per heavy atom. The van der Waals surface area contributed by atoms with Crippen LogP contribution in [0.4, 0.5) is 13.2 Å². The van der Waals surface area contributed by atoms with Gasteiger partial charge in [0.1, 0.15) is 30.0 Å². The number of hydrogen-bond acceptors (Lipinski definition) is 9. The summed E-state index contributed by atoms with van der Waals surface area (Å²) in [4.78, 5) is 15.9. The first-order valence-corrected chi connectivity index (χ1v) is 15.3. The van der Waals surface area contributed by atoms with Crippen LogP contribution in [0.25, 0.3) is 11.3 Å². The third-order valence-electron chi connectivity index (χ3n) is 8.19. The van der Waals surface area contributed by atoms with Gasteiger partial charge in [0.15, 0.2) is 23.6 Å². The van der Waals surface area contributed by atoms with Crippen LogP contribution < -0.4 is 0 Å². The first-order chi connectivity index (χ1) is 21.5. The first-order valence-electron chi connectivity index (χ1n) is 14.5. The van der Waals surface area contributed by atoms with E-state index < -0.39 is 84.6 Å². The molecular formula is C29H33Cl2F3N4O7. The van der Waals surface area contributed by atoms with Crippen LogP contribution >= 0.6 is 23.2 Å². The molecule has 5 rings (SSSR count). The number of ether oxygens (including phenoxy) is 2. The molecule has 1 saturated heterocycles. The third-order valence-corrected chi connectivity index (χ3v) is 8.74. The fourth-order valence-corrected chi connectivity index (χ4v) is 6.74. The second-order valence-corrected chi connectivity index (χ2v) is 12.2. The average Bonchev–Trinajstić information content (AvgIpc) is 3.49. The van der Waals surface area contributed by atoms with Crippen molar-refractivity contribution in [2.24, 2.45) is 0 Å². The SMILES string of the molecule is O=C([C@@H]1O[C@H](CO)[C@H](O)C(n2cc(-c3cc(F)c(F)c(F)c3)nn2)[C@H]1OCCO)N(C1=CC(Cl)CC(Cl)=C1)[C@H]1CCCC[C@@H]1O. The van der Waals surface area contributed by atoms with Crippen LogP contribution in [0, 0.1) is 17.5 Å². The lowest BCUT2D eigenvalue weighted by Gasteiger charge is -2.46. The van der Waals surface area contributed by atoms with Crippen molar-refractivity contribution in [3.8, 4) is 11.3 Å². The van der Waals surface area contributed by atoms with Crippen LogP contribution in [0.15, 0.2) is 41.2 Å². The van der Waals surface area contributed by atoms with E-state index in [-0.39, 0.29) is 17.9 Å². The Morgan fingerprint density at radius 3 is 2.51 bits per heavy atom. The highest BCUT2D eigenvalue weighted by Gasteiger charge is 2.52. The Labute approximate surface area is 266 Å². The summed E-state index contributed by atoms with van der Waals surface area (Å²) in [5, 5.41) is 49.8. The molecule has 1 saturated carbocycles. The number of aliphatic hydroxyl groups excluding tert-OH is 4. The Morgan fingerprint density at radius 1 is 1.16 bits per heavy atom. The summed E-state index contributed by atoms with van der Waals surface area (Å²) in [5.41, 5.74) is 0.0840. The second kappa shape index (κ2) is 14.5. The Balaban J connectivity index is 1.56. The topological polar surface area (TPSA) is 150 Å². The molecule has 16 heteroatoms. The number of halogens is 5. The van der Waals surface area contributed by atoms with Gasteiger partial charge in [0.05, 0.1) is 43.5 Å². The quantitative estimate of drug-likeness (QED) is 0.232. The molecule has 246 valence electrons. The van der Waals surface area contributed by atoms with Gasteiger partial charge in [-0.2, -0.15) is 0 Å². The molecule has 3 aliphatic rings. The number of nitrogens with zero attached hydrogens (tertiary/aromatic N) is 4. The number of rotatable bonds is 9. The molecule has 1 aromatic heterocycles. The number of amides is 1. The number of alkyl halides is 1. The number of allylic oxidation sites excluding steroid dienone is 3. The second-order valence-electron chi connectivity index (χ2n) is 11.2. The van der Waals surface area contributed by atoms with Crippen molar-refractivity contribution in [1.82, 2.24) is 19.9 Å². The summed E-state index contributed by atoms with van der Waals surface area (Å²) in [6.45, 7) is -1.50. The molecule has 2 aliphatic carbocycles. The van der Waals surface area contributed by atoms with Crippen molar-refractivity contribution in [3.05, 3.63) is 58.7 Å². The smallest absolute Gasteiger partial charge is 0.259 e. The number of benzene rings is 1. The Hall–Kier alpha value is -2.56. The zero-order chi connectivity index (χ0) is 32.4. The number of aliphatic hydroxyl groups is 4. The van der Waals surface area contributed by atoms with E-state index in [0.29, 0.717) is 30.0 Å². The van der Waals surface area contributed by atoms with E-state index in [9.17, 15) is 38.4 Å². The molecule has 4 N–H and O–H groups in total. The maximum Gasteiger partial charge on any atom is 0.259 e. The van der Waals surface area contributed by atoms with E-state index in [2.05, 4.69) is 10.3 Å². The van der Waals surface area contributed by atoms with Gasteiger partial charge in [-0.3, -0.25) is 4.79 Å². The average molecular weight is 678 g/mol. The number of hydrogen-bond donors (Lipinski definition) is 4. The van der Waals surface area contributed by atoms with E-state index in [1.165, 1.54) is 11.1 Å². The van der Waals surface area contributed by atoms with Crippen LogP contribution in [0.3, 0.4) is 0 Å². The molecule has 2 fully saturated rings. The monoisotopic (exact) mass is 676 g/mol. The molecule has 0 radical (unpaired) electrons. The maximum atomic E-state index is 14.6. The molecule has 0 spiro atoms. The van der Waals surface area contributed by atoms with Crippen molar-refractivity contribution < 1.29 is 47.9 Å². The van der Waals surface area contributed by atoms with E-state index in [1.807, 2.05) is 0 Å². The molecule has 2 heterocycles. The summed E-state index contributed by atoms with van der Waals surface area (Å²) in [5.74, 6) is -5.25. The molecule has 2 aromatic rings. The number of carbonyl (C=O) groups is 1. The van der Waals surface area contributed by atoms with Crippen LogP contribution in [-0.2, 0) is 14.3 Å². The number of aromatic nitrogens is 3. The van der Waals surface area contributed by atoms with Crippen LogP contribution in [0.5, 0.6) is 0 Å². The Bertz CT molecular complexity index is 1420. The maximum absolute atomic E-state index is 14.6. The lowest BCUT2D eigenvalue weighted by molar-refractivity contribution is -0.223. The summed E-state index contributed by atoms with van der Waals surface area (Å²) < 4.78 is 54.4. The number of carbonyl (C=O) groups excluding carboxylic acids is 1. The largest absolute Gasteiger partial charge is 0.394 e. The lowest BCUT2D eigenvalue weighted by atomic mass is 9.88. The molecule has 0 bridgehead atoms. The third kappa shape index (κ3) is 7.08. The molecule has 1 aromatic carbocycles. The van der Waals surface area contributed by atoms with Gasteiger partial charge in [0.25, 0.3) is 5.91 Å². The zero-order valence-electron chi connectivity index (χ0n) is 23.9. The molecule has 8 atom stereocenters. The fraction of sp³-hybridized carbons (Fsp3) is 0.552. The lowest BCUT2D eigenvalue weighted by Crippen LogP contribution is -2.63. The molecular weight excluding hydrogens is 644 g/mol. The molecule has 2 unspecified atom stereocenters. The van der Waals surface area contributed by atoms with Gasteiger partial charge in [-0.1, -0.05) is 29.7 Å². The highest BCUT2D eigenvalue weighted by atomic mass is 35.5. The zero-order valence-corrected chi connectivity index (χ0v) is 25.4. The minimum absolute atomic E-state index is 0.0944.